The van der Waals surface area contributed by atoms with Gasteiger partial charge >= 0.3 is 9.28 Å². The predicted octanol–water partition coefficient (Wildman–Crippen LogP) is 1.60. The highest BCUT2D eigenvalue weighted by Crippen LogP contribution is 2.22. The Hall–Kier alpha value is -0.483. The molecule has 0 N–H and O–H groups in total. The fourth-order valence-corrected chi connectivity index (χ4v) is 2.85. The van der Waals surface area contributed by atoms with E-state index in [4.69, 9.17) is 8.85 Å². The minimum atomic E-state index is -1.62. The molecular formula is C9H19NO3Si. The Kier molecular flexibility index (Phi) is 6.66. The standard InChI is InChI=1S/C9H19NO3Si/c1-9(2,3)5-6-14(12-4)13-8-10-7-11/h14H,5-6,8H2,1-4H3. The summed E-state index contributed by atoms with van der Waals surface area (Å²) in [6, 6.07) is 0.939. The van der Waals surface area contributed by atoms with Crippen LogP contribution in [0.25, 0.3) is 0 Å². The van der Waals surface area contributed by atoms with Gasteiger partial charge in [0.05, 0.1) is 0 Å². The van der Waals surface area contributed by atoms with Crippen LogP contribution in [0.4, 0.5) is 0 Å². The maximum absolute atomic E-state index is 9.79. The van der Waals surface area contributed by atoms with E-state index in [-0.39, 0.29) is 6.73 Å². The Morgan fingerprint density at radius 3 is 2.50 bits per heavy atom. The highest BCUT2D eigenvalue weighted by atomic mass is 28.3. The molecule has 0 aliphatic heterocycles. The van der Waals surface area contributed by atoms with Gasteiger partial charge in [-0.25, -0.2) is 4.79 Å². The van der Waals surface area contributed by atoms with Crippen LogP contribution in [0.2, 0.25) is 6.04 Å². The predicted molar refractivity (Wildman–Crippen MR) is 57.1 cm³/mol. The Balaban J connectivity index is 3.73. The maximum Gasteiger partial charge on any atom is 0.322 e. The summed E-state index contributed by atoms with van der Waals surface area (Å²) in [5, 5.41) is 0. The second-order valence-corrected chi connectivity index (χ2v) is 6.55. The van der Waals surface area contributed by atoms with E-state index in [1.807, 2.05) is 0 Å². The van der Waals surface area contributed by atoms with Crippen LogP contribution in [0.15, 0.2) is 4.99 Å². The topological polar surface area (TPSA) is 47.9 Å². The molecule has 0 radical (unpaired) electrons. The molecule has 0 heterocycles. The van der Waals surface area contributed by atoms with Crippen LogP contribution in [0, 0.1) is 5.41 Å². The molecule has 0 saturated carbocycles. The van der Waals surface area contributed by atoms with E-state index in [2.05, 4.69) is 25.8 Å². The zero-order valence-corrected chi connectivity index (χ0v) is 10.5. The lowest BCUT2D eigenvalue weighted by atomic mass is 9.94. The van der Waals surface area contributed by atoms with E-state index < -0.39 is 9.28 Å². The highest BCUT2D eigenvalue weighted by Gasteiger charge is 2.17. The number of nitrogens with zero attached hydrogens (tertiary/aromatic N) is 1. The van der Waals surface area contributed by atoms with Crippen LogP contribution in [-0.4, -0.2) is 29.2 Å². The Morgan fingerprint density at radius 1 is 1.43 bits per heavy atom. The summed E-state index contributed by atoms with van der Waals surface area (Å²) in [6.07, 6.45) is 2.49. The molecule has 0 aliphatic carbocycles. The van der Waals surface area contributed by atoms with Crippen LogP contribution in [0.3, 0.4) is 0 Å². The quantitative estimate of drug-likeness (QED) is 0.386. The lowest BCUT2D eigenvalue weighted by Gasteiger charge is -2.20. The second kappa shape index (κ2) is 6.90. The monoisotopic (exact) mass is 217 g/mol. The second-order valence-electron chi connectivity index (χ2n) is 4.31. The van der Waals surface area contributed by atoms with Gasteiger partial charge in [0.25, 0.3) is 0 Å². The Morgan fingerprint density at radius 2 is 2.07 bits per heavy atom. The molecule has 0 aliphatic rings. The first-order valence-corrected chi connectivity index (χ1v) is 6.43. The van der Waals surface area contributed by atoms with Crippen molar-refractivity contribution in [2.24, 2.45) is 10.4 Å². The van der Waals surface area contributed by atoms with Gasteiger partial charge < -0.3 is 8.85 Å². The smallest absolute Gasteiger partial charge is 0.322 e. The third-order valence-electron chi connectivity index (χ3n) is 1.78. The zero-order chi connectivity index (χ0) is 11.0. The SMILES string of the molecule is CO[SiH](CCC(C)(C)C)OCN=C=O. The van der Waals surface area contributed by atoms with Crippen molar-refractivity contribution < 1.29 is 13.6 Å². The van der Waals surface area contributed by atoms with Crippen molar-refractivity contribution in [1.82, 2.24) is 0 Å². The van der Waals surface area contributed by atoms with Crippen molar-refractivity contribution in [1.29, 1.82) is 0 Å². The van der Waals surface area contributed by atoms with Gasteiger partial charge in [-0.3, -0.25) is 0 Å². The molecule has 0 amide bonds. The third kappa shape index (κ3) is 8.13. The normalized spacial score (nSPS) is 13.4. The Bertz CT molecular complexity index is 197. The lowest BCUT2D eigenvalue weighted by molar-refractivity contribution is 0.229. The molecule has 14 heavy (non-hydrogen) atoms. The van der Waals surface area contributed by atoms with Gasteiger partial charge in [-0.1, -0.05) is 20.8 Å². The van der Waals surface area contributed by atoms with E-state index in [1.165, 1.54) is 6.08 Å². The minimum Gasteiger partial charge on any atom is -0.400 e. The summed E-state index contributed by atoms with van der Waals surface area (Å²) < 4.78 is 10.5. The molecule has 0 aromatic heterocycles. The van der Waals surface area contributed by atoms with Crippen LogP contribution < -0.4 is 0 Å². The number of aliphatic imine (C=N–C) groups is 1. The first kappa shape index (κ1) is 13.5. The summed E-state index contributed by atoms with van der Waals surface area (Å²) in [6.45, 7) is 6.62. The summed E-state index contributed by atoms with van der Waals surface area (Å²) in [4.78, 5) is 13.1. The van der Waals surface area contributed by atoms with Gasteiger partial charge in [0.15, 0.2) is 0 Å². The van der Waals surface area contributed by atoms with Gasteiger partial charge in [0, 0.05) is 7.11 Å². The van der Waals surface area contributed by atoms with E-state index in [0.717, 1.165) is 12.5 Å². The molecule has 1 atom stereocenters. The number of rotatable bonds is 6. The summed E-state index contributed by atoms with van der Waals surface area (Å²) >= 11 is 0. The van der Waals surface area contributed by atoms with Gasteiger partial charge in [-0.15, -0.1) is 0 Å². The summed E-state index contributed by atoms with van der Waals surface area (Å²) in [5.41, 5.74) is 0.293. The summed E-state index contributed by atoms with van der Waals surface area (Å²) in [5.74, 6) is 0. The van der Waals surface area contributed by atoms with Crippen LogP contribution in [0.5, 0.6) is 0 Å². The van der Waals surface area contributed by atoms with Crippen molar-refractivity contribution in [3.05, 3.63) is 0 Å². The van der Waals surface area contributed by atoms with Crippen molar-refractivity contribution in [2.75, 3.05) is 13.8 Å². The van der Waals surface area contributed by atoms with E-state index in [9.17, 15) is 4.79 Å². The molecule has 82 valence electrons. The first-order chi connectivity index (χ1) is 6.49. The summed E-state index contributed by atoms with van der Waals surface area (Å²) in [7, 11) is 0.0260. The zero-order valence-electron chi connectivity index (χ0n) is 9.37. The number of carbonyl (C=O) groups excluding carboxylic acids is 1. The molecular weight excluding hydrogens is 198 g/mol. The van der Waals surface area contributed by atoms with Gasteiger partial charge in [-0.2, -0.15) is 4.99 Å². The molecule has 4 nitrogen and oxygen atoms in total. The molecule has 0 saturated heterocycles. The Labute approximate surface area is 87.2 Å². The minimum absolute atomic E-state index is 0.0817. The average Bonchev–Trinajstić information content (AvgIpc) is 2.09. The van der Waals surface area contributed by atoms with Crippen molar-refractivity contribution in [2.45, 2.75) is 33.2 Å². The molecule has 0 fully saturated rings. The van der Waals surface area contributed by atoms with Crippen LogP contribution >= 0.6 is 0 Å². The van der Waals surface area contributed by atoms with Gasteiger partial charge in [0.2, 0.25) is 6.08 Å². The van der Waals surface area contributed by atoms with Crippen molar-refractivity contribution in [3.63, 3.8) is 0 Å². The number of hydrogen-bond donors (Lipinski definition) is 0. The molecule has 0 aromatic rings. The molecule has 0 bridgehead atoms. The van der Waals surface area contributed by atoms with Crippen molar-refractivity contribution in [3.8, 4) is 0 Å². The van der Waals surface area contributed by atoms with E-state index >= 15 is 0 Å². The van der Waals surface area contributed by atoms with Crippen LogP contribution in [0.1, 0.15) is 27.2 Å². The highest BCUT2D eigenvalue weighted by molar-refractivity contribution is 6.44. The number of isocyanates is 1. The van der Waals surface area contributed by atoms with Gasteiger partial charge in [-0.05, 0) is 17.9 Å². The van der Waals surface area contributed by atoms with E-state index in [1.54, 1.807) is 7.11 Å². The molecule has 1 unspecified atom stereocenters. The van der Waals surface area contributed by atoms with Crippen LogP contribution in [-0.2, 0) is 13.6 Å². The number of hydrogen-bond acceptors (Lipinski definition) is 4. The van der Waals surface area contributed by atoms with E-state index in [0.29, 0.717) is 5.41 Å². The average molecular weight is 217 g/mol. The molecule has 0 rings (SSSR count). The largest absolute Gasteiger partial charge is 0.400 e. The fraction of sp³-hybridized carbons (Fsp3) is 0.889. The molecule has 5 heteroatoms. The third-order valence-corrected chi connectivity index (χ3v) is 3.59. The fourth-order valence-electron chi connectivity index (χ4n) is 0.967. The first-order valence-electron chi connectivity index (χ1n) is 4.67. The van der Waals surface area contributed by atoms with Gasteiger partial charge in [0.1, 0.15) is 6.73 Å². The van der Waals surface area contributed by atoms with Crippen molar-refractivity contribution >= 4 is 15.4 Å². The molecule has 0 aromatic carbocycles. The molecule has 0 spiro atoms. The lowest BCUT2D eigenvalue weighted by Crippen LogP contribution is -2.23. The maximum atomic E-state index is 9.79.